The van der Waals surface area contributed by atoms with Gasteiger partial charge in [-0.3, -0.25) is 4.79 Å². The summed E-state index contributed by atoms with van der Waals surface area (Å²) in [5, 5.41) is 9.55. The second kappa shape index (κ2) is 4.97. The van der Waals surface area contributed by atoms with Gasteiger partial charge in [0.1, 0.15) is 6.10 Å². The van der Waals surface area contributed by atoms with Gasteiger partial charge in [0.15, 0.2) is 0 Å². The van der Waals surface area contributed by atoms with Crippen LogP contribution in [0.1, 0.15) is 43.6 Å². The van der Waals surface area contributed by atoms with Gasteiger partial charge >= 0.3 is 5.97 Å². The van der Waals surface area contributed by atoms with Gasteiger partial charge in [-0.2, -0.15) is 0 Å². The number of benzene rings is 1. The fourth-order valence-electron chi connectivity index (χ4n) is 3.84. The standard InChI is InChI=1S/C16H20O3/c17-11-13-14(12-7-3-1-4-8-12)16(15(18)19-13)9-5-2-6-10-16/h1,3-4,7-8,13-14,17H,2,5-6,9-11H2. The molecule has 1 saturated heterocycles. The molecule has 1 aromatic rings. The average molecular weight is 260 g/mol. The second-order valence-corrected chi connectivity index (χ2v) is 5.73. The zero-order valence-corrected chi connectivity index (χ0v) is 11.0. The highest BCUT2D eigenvalue weighted by Gasteiger charge is 2.57. The SMILES string of the molecule is O=C1OC(CO)C(c2ccccc2)C12CCCCC2. The van der Waals surface area contributed by atoms with E-state index in [9.17, 15) is 9.90 Å². The number of carbonyl (C=O) groups excluding carboxylic acids is 1. The number of carbonyl (C=O) groups is 1. The van der Waals surface area contributed by atoms with Crippen LogP contribution in [0.5, 0.6) is 0 Å². The number of esters is 1. The fraction of sp³-hybridized carbons (Fsp3) is 0.562. The average Bonchev–Trinajstić information content (AvgIpc) is 2.73. The smallest absolute Gasteiger partial charge is 0.313 e. The molecule has 1 spiro atoms. The van der Waals surface area contributed by atoms with Crippen molar-refractivity contribution in [3.05, 3.63) is 35.9 Å². The summed E-state index contributed by atoms with van der Waals surface area (Å²) in [7, 11) is 0. The summed E-state index contributed by atoms with van der Waals surface area (Å²) in [6.45, 7) is -0.0902. The van der Waals surface area contributed by atoms with E-state index in [0.29, 0.717) is 0 Å². The number of cyclic esters (lactones) is 1. The van der Waals surface area contributed by atoms with Gasteiger partial charge in [-0.25, -0.2) is 0 Å². The summed E-state index contributed by atoms with van der Waals surface area (Å²) in [6.07, 6.45) is 4.75. The minimum atomic E-state index is -0.396. The van der Waals surface area contributed by atoms with Crippen molar-refractivity contribution in [2.75, 3.05) is 6.61 Å². The second-order valence-electron chi connectivity index (χ2n) is 5.73. The van der Waals surface area contributed by atoms with E-state index in [1.807, 2.05) is 30.3 Å². The van der Waals surface area contributed by atoms with E-state index in [1.165, 1.54) is 6.42 Å². The van der Waals surface area contributed by atoms with Crippen molar-refractivity contribution in [3.8, 4) is 0 Å². The van der Waals surface area contributed by atoms with Gasteiger partial charge in [0.2, 0.25) is 0 Å². The maximum absolute atomic E-state index is 12.4. The zero-order chi connectivity index (χ0) is 13.3. The molecule has 102 valence electrons. The molecule has 0 amide bonds. The molecule has 0 radical (unpaired) electrons. The molecule has 19 heavy (non-hydrogen) atoms. The van der Waals surface area contributed by atoms with Gasteiger partial charge in [-0.05, 0) is 18.4 Å². The first-order valence-electron chi connectivity index (χ1n) is 7.15. The molecule has 0 bridgehead atoms. The van der Waals surface area contributed by atoms with Crippen molar-refractivity contribution in [1.82, 2.24) is 0 Å². The molecule has 1 N–H and O–H groups in total. The Morgan fingerprint density at radius 3 is 2.47 bits per heavy atom. The molecule has 2 fully saturated rings. The highest BCUT2D eigenvalue weighted by molar-refractivity contribution is 5.81. The largest absolute Gasteiger partial charge is 0.459 e. The predicted octanol–water partition coefficient (Wildman–Crippen LogP) is 2.64. The van der Waals surface area contributed by atoms with Crippen LogP contribution < -0.4 is 0 Å². The van der Waals surface area contributed by atoms with Crippen molar-refractivity contribution in [2.45, 2.75) is 44.1 Å². The molecule has 2 aliphatic rings. The lowest BCUT2D eigenvalue weighted by Crippen LogP contribution is -2.36. The van der Waals surface area contributed by atoms with Crippen LogP contribution in [0.2, 0.25) is 0 Å². The third kappa shape index (κ3) is 1.96. The molecule has 3 rings (SSSR count). The molecule has 1 saturated carbocycles. The molecule has 3 heteroatoms. The van der Waals surface area contributed by atoms with Crippen LogP contribution in [0.15, 0.2) is 30.3 Å². The van der Waals surface area contributed by atoms with Gasteiger partial charge in [0, 0.05) is 5.92 Å². The van der Waals surface area contributed by atoms with Gasteiger partial charge in [-0.1, -0.05) is 49.6 Å². The molecule has 1 aromatic carbocycles. The maximum Gasteiger partial charge on any atom is 0.313 e. The lowest BCUT2D eigenvalue weighted by atomic mass is 9.63. The summed E-state index contributed by atoms with van der Waals surface area (Å²) >= 11 is 0. The van der Waals surface area contributed by atoms with E-state index in [1.54, 1.807) is 0 Å². The number of rotatable bonds is 2. The Bertz CT molecular complexity index is 448. The van der Waals surface area contributed by atoms with E-state index >= 15 is 0 Å². The van der Waals surface area contributed by atoms with E-state index in [2.05, 4.69) is 0 Å². The summed E-state index contributed by atoms with van der Waals surface area (Å²) < 4.78 is 5.48. The van der Waals surface area contributed by atoms with Crippen LogP contribution in [0.25, 0.3) is 0 Å². The Hall–Kier alpha value is -1.35. The van der Waals surface area contributed by atoms with Crippen molar-refractivity contribution in [2.24, 2.45) is 5.41 Å². The normalized spacial score (nSPS) is 29.4. The monoisotopic (exact) mass is 260 g/mol. The third-order valence-electron chi connectivity index (χ3n) is 4.72. The fourth-order valence-corrected chi connectivity index (χ4v) is 3.84. The summed E-state index contributed by atoms with van der Waals surface area (Å²) in [5.41, 5.74) is 0.724. The maximum atomic E-state index is 12.4. The van der Waals surface area contributed by atoms with Crippen molar-refractivity contribution in [1.29, 1.82) is 0 Å². The lowest BCUT2D eigenvalue weighted by Gasteiger charge is -2.35. The minimum Gasteiger partial charge on any atom is -0.459 e. The number of aliphatic hydroxyl groups excluding tert-OH is 1. The molecule has 0 aromatic heterocycles. The first-order chi connectivity index (χ1) is 9.28. The van der Waals surface area contributed by atoms with E-state index in [-0.39, 0.29) is 24.6 Å². The first kappa shape index (κ1) is 12.7. The number of hydrogen-bond acceptors (Lipinski definition) is 3. The number of hydrogen-bond donors (Lipinski definition) is 1. The highest BCUT2D eigenvalue weighted by atomic mass is 16.6. The highest BCUT2D eigenvalue weighted by Crippen LogP contribution is 2.54. The van der Waals surface area contributed by atoms with Crippen LogP contribution in [-0.2, 0) is 9.53 Å². The van der Waals surface area contributed by atoms with Gasteiger partial charge in [0.05, 0.1) is 12.0 Å². The quantitative estimate of drug-likeness (QED) is 0.831. The van der Waals surface area contributed by atoms with E-state index in [4.69, 9.17) is 4.74 Å². The van der Waals surface area contributed by atoms with E-state index in [0.717, 1.165) is 31.2 Å². The Balaban J connectivity index is 2.02. The molecule has 1 aliphatic carbocycles. The van der Waals surface area contributed by atoms with Gasteiger partial charge < -0.3 is 9.84 Å². The Labute approximate surface area is 113 Å². The molecule has 2 atom stereocenters. The molecule has 1 heterocycles. The van der Waals surface area contributed by atoms with Crippen LogP contribution in [0.3, 0.4) is 0 Å². The van der Waals surface area contributed by atoms with Crippen LogP contribution in [0.4, 0.5) is 0 Å². The summed E-state index contributed by atoms with van der Waals surface area (Å²) in [5.74, 6) is -0.0911. The van der Waals surface area contributed by atoms with Gasteiger partial charge in [0.25, 0.3) is 0 Å². The molecular weight excluding hydrogens is 240 g/mol. The number of ether oxygens (including phenoxy) is 1. The van der Waals surface area contributed by atoms with E-state index < -0.39 is 5.41 Å². The Kier molecular flexibility index (Phi) is 3.31. The predicted molar refractivity (Wildman–Crippen MR) is 71.7 cm³/mol. The van der Waals surface area contributed by atoms with Crippen LogP contribution in [-0.4, -0.2) is 23.8 Å². The van der Waals surface area contributed by atoms with Crippen molar-refractivity contribution < 1.29 is 14.6 Å². The Morgan fingerprint density at radius 1 is 1.16 bits per heavy atom. The third-order valence-corrected chi connectivity index (χ3v) is 4.72. The molecule has 1 aliphatic heterocycles. The van der Waals surface area contributed by atoms with Crippen LogP contribution in [0, 0.1) is 5.41 Å². The number of aliphatic hydroxyl groups is 1. The van der Waals surface area contributed by atoms with Crippen molar-refractivity contribution in [3.63, 3.8) is 0 Å². The van der Waals surface area contributed by atoms with Gasteiger partial charge in [-0.15, -0.1) is 0 Å². The summed E-state index contributed by atoms with van der Waals surface area (Å²) in [4.78, 5) is 12.4. The van der Waals surface area contributed by atoms with Crippen molar-refractivity contribution >= 4 is 5.97 Å². The van der Waals surface area contributed by atoms with Crippen LogP contribution >= 0.6 is 0 Å². The molecule has 3 nitrogen and oxygen atoms in total. The molecular formula is C16H20O3. The minimum absolute atomic E-state index is 0.00602. The topological polar surface area (TPSA) is 46.5 Å². The molecule has 2 unspecified atom stereocenters. The summed E-state index contributed by atoms with van der Waals surface area (Å²) in [6, 6.07) is 10.0. The lowest BCUT2D eigenvalue weighted by molar-refractivity contribution is -0.151. The zero-order valence-electron chi connectivity index (χ0n) is 11.0. The first-order valence-corrected chi connectivity index (χ1v) is 7.15. The Morgan fingerprint density at radius 2 is 1.84 bits per heavy atom.